The third-order valence-corrected chi connectivity index (χ3v) is 6.41. The number of rotatable bonds is 2. The molecule has 1 aromatic heterocycles. The third-order valence-electron chi connectivity index (χ3n) is 4.45. The fourth-order valence-electron chi connectivity index (χ4n) is 3.10. The van der Waals surface area contributed by atoms with Crippen LogP contribution in [0.2, 0.25) is 0 Å². The van der Waals surface area contributed by atoms with Crippen LogP contribution in [0.3, 0.4) is 0 Å². The SMILES string of the molecule is CC(=O)N1CCCN(S(=O)(=O)c2ccc(C)c3ncccc23)CC1. The van der Waals surface area contributed by atoms with Crippen LogP contribution in [0.25, 0.3) is 10.9 Å². The number of amides is 1. The molecular formula is C17H21N3O3S. The van der Waals surface area contributed by atoms with E-state index in [1.807, 2.05) is 6.92 Å². The number of aryl methyl sites for hydroxylation is 1. The maximum atomic E-state index is 13.1. The molecule has 0 saturated carbocycles. The van der Waals surface area contributed by atoms with Crippen LogP contribution in [0, 0.1) is 6.92 Å². The van der Waals surface area contributed by atoms with Gasteiger partial charge in [-0.2, -0.15) is 4.31 Å². The molecule has 0 N–H and O–H groups in total. The Kier molecular flexibility index (Phi) is 4.56. The zero-order chi connectivity index (χ0) is 17.3. The zero-order valence-corrected chi connectivity index (χ0v) is 14.7. The molecule has 1 aliphatic heterocycles. The predicted molar refractivity (Wildman–Crippen MR) is 92.1 cm³/mol. The molecule has 7 heteroatoms. The third kappa shape index (κ3) is 3.01. The quantitative estimate of drug-likeness (QED) is 0.830. The molecule has 0 atom stereocenters. The Balaban J connectivity index is 2.00. The van der Waals surface area contributed by atoms with Gasteiger partial charge in [0.15, 0.2) is 0 Å². The van der Waals surface area contributed by atoms with Crippen LogP contribution in [-0.4, -0.2) is 54.7 Å². The molecule has 1 aliphatic rings. The van der Waals surface area contributed by atoms with Crippen molar-refractivity contribution in [3.8, 4) is 0 Å². The van der Waals surface area contributed by atoms with E-state index in [1.54, 1.807) is 35.4 Å². The van der Waals surface area contributed by atoms with E-state index < -0.39 is 10.0 Å². The summed E-state index contributed by atoms with van der Waals surface area (Å²) >= 11 is 0. The van der Waals surface area contributed by atoms with Gasteiger partial charge in [0.25, 0.3) is 0 Å². The van der Waals surface area contributed by atoms with E-state index >= 15 is 0 Å². The molecular weight excluding hydrogens is 326 g/mol. The van der Waals surface area contributed by atoms with Gasteiger partial charge in [-0.3, -0.25) is 9.78 Å². The first kappa shape index (κ1) is 16.9. The highest BCUT2D eigenvalue weighted by Gasteiger charge is 2.29. The van der Waals surface area contributed by atoms with Crippen molar-refractivity contribution in [2.75, 3.05) is 26.2 Å². The van der Waals surface area contributed by atoms with Crippen molar-refractivity contribution >= 4 is 26.8 Å². The highest BCUT2D eigenvalue weighted by Crippen LogP contribution is 2.27. The molecule has 3 rings (SSSR count). The van der Waals surface area contributed by atoms with Gasteiger partial charge < -0.3 is 4.90 Å². The summed E-state index contributed by atoms with van der Waals surface area (Å²) in [4.78, 5) is 17.8. The van der Waals surface area contributed by atoms with E-state index in [0.717, 1.165) is 5.56 Å². The Bertz CT molecular complexity index is 880. The Morgan fingerprint density at radius 1 is 1.12 bits per heavy atom. The highest BCUT2D eigenvalue weighted by atomic mass is 32.2. The molecule has 128 valence electrons. The summed E-state index contributed by atoms with van der Waals surface area (Å²) in [5, 5.41) is 0.644. The summed E-state index contributed by atoms with van der Waals surface area (Å²) in [5.41, 5.74) is 1.65. The lowest BCUT2D eigenvalue weighted by atomic mass is 10.1. The molecule has 1 fully saturated rings. The van der Waals surface area contributed by atoms with Gasteiger partial charge in [-0.25, -0.2) is 8.42 Å². The molecule has 2 heterocycles. The Morgan fingerprint density at radius 2 is 1.92 bits per heavy atom. The van der Waals surface area contributed by atoms with Crippen molar-refractivity contribution in [1.82, 2.24) is 14.2 Å². The monoisotopic (exact) mass is 347 g/mol. The molecule has 0 aliphatic carbocycles. The lowest BCUT2D eigenvalue weighted by Crippen LogP contribution is -2.36. The predicted octanol–water partition coefficient (Wildman–Crippen LogP) is 1.79. The molecule has 0 bridgehead atoms. The van der Waals surface area contributed by atoms with Gasteiger partial charge in [0.2, 0.25) is 15.9 Å². The number of aromatic nitrogens is 1. The fourth-order valence-corrected chi connectivity index (χ4v) is 4.75. The molecule has 1 amide bonds. The van der Waals surface area contributed by atoms with E-state index in [0.29, 0.717) is 43.5 Å². The van der Waals surface area contributed by atoms with E-state index in [-0.39, 0.29) is 10.8 Å². The van der Waals surface area contributed by atoms with Crippen LogP contribution in [0.4, 0.5) is 0 Å². The average molecular weight is 347 g/mol. The number of pyridine rings is 1. The number of fused-ring (bicyclic) bond motifs is 1. The van der Waals surface area contributed by atoms with Crippen LogP contribution < -0.4 is 0 Å². The molecule has 1 saturated heterocycles. The molecule has 0 unspecified atom stereocenters. The number of hydrogen-bond donors (Lipinski definition) is 0. The maximum absolute atomic E-state index is 13.1. The molecule has 6 nitrogen and oxygen atoms in total. The topological polar surface area (TPSA) is 70.6 Å². The lowest BCUT2D eigenvalue weighted by molar-refractivity contribution is -0.128. The van der Waals surface area contributed by atoms with E-state index in [4.69, 9.17) is 0 Å². The first-order chi connectivity index (χ1) is 11.4. The summed E-state index contributed by atoms with van der Waals surface area (Å²) in [7, 11) is -3.62. The molecule has 2 aromatic rings. The second-order valence-electron chi connectivity index (χ2n) is 6.04. The number of nitrogens with zero attached hydrogens (tertiary/aromatic N) is 3. The number of benzene rings is 1. The van der Waals surface area contributed by atoms with Crippen LogP contribution >= 0.6 is 0 Å². The first-order valence-electron chi connectivity index (χ1n) is 8.01. The van der Waals surface area contributed by atoms with Crippen molar-refractivity contribution < 1.29 is 13.2 Å². The number of carbonyl (C=O) groups excluding carboxylic acids is 1. The van der Waals surface area contributed by atoms with Gasteiger partial charge >= 0.3 is 0 Å². The molecule has 0 radical (unpaired) electrons. The van der Waals surface area contributed by atoms with Crippen molar-refractivity contribution in [3.63, 3.8) is 0 Å². The zero-order valence-electron chi connectivity index (χ0n) is 13.9. The van der Waals surface area contributed by atoms with E-state index in [9.17, 15) is 13.2 Å². The van der Waals surface area contributed by atoms with Gasteiger partial charge in [-0.05, 0) is 37.1 Å². The molecule has 24 heavy (non-hydrogen) atoms. The lowest BCUT2D eigenvalue weighted by Gasteiger charge is -2.22. The van der Waals surface area contributed by atoms with Crippen LogP contribution in [0.1, 0.15) is 18.9 Å². The number of sulfonamides is 1. The van der Waals surface area contributed by atoms with E-state index in [2.05, 4.69) is 4.98 Å². The minimum absolute atomic E-state index is 0.0146. The van der Waals surface area contributed by atoms with Gasteiger partial charge in [-0.1, -0.05) is 6.07 Å². The van der Waals surface area contributed by atoms with Gasteiger partial charge in [0, 0.05) is 44.7 Å². The minimum atomic E-state index is -3.62. The summed E-state index contributed by atoms with van der Waals surface area (Å²) in [6.07, 6.45) is 2.31. The summed E-state index contributed by atoms with van der Waals surface area (Å²) in [6, 6.07) is 6.99. The van der Waals surface area contributed by atoms with Gasteiger partial charge in [0.1, 0.15) is 0 Å². The summed E-state index contributed by atoms with van der Waals surface area (Å²) in [6.45, 7) is 5.19. The maximum Gasteiger partial charge on any atom is 0.243 e. The fraction of sp³-hybridized carbons (Fsp3) is 0.412. The average Bonchev–Trinajstić information content (AvgIpc) is 2.82. The molecule has 0 spiro atoms. The minimum Gasteiger partial charge on any atom is -0.342 e. The molecule has 1 aromatic carbocycles. The number of hydrogen-bond acceptors (Lipinski definition) is 4. The van der Waals surface area contributed by atoms with Crippen molar-refractivity contribution in [2.45, 2.75) is 25.2 Å². The smallest absolute Gasteiger partial charge is 0.243 e. The van der Waals surface area contributed by atoms with Crippen molar-refractivity contribution in [2.24, 2.45) is 0 Å². The second kappa shape index (κ2) is 6.49. The Labute approximate surface area is 142 Å². The van der Waals surface area contributed by atoms with E-state index in [1.165, 1.54) is 11.2 Å². The number of carbonyl (C=O) groups is 1. The Morgan fingerprint density at radius 3 is 2.67 bits per heavy atom. The van der Waals surface area contributed by atoms with Crippen LogP contribution in [0.15, 0.2) is 35.4 Å². The normalized spacial score (nSPS) is 17.0. The van der Waals surface area contributed by atoms with Crippen LogP contribution in [0.5, 0.6) is 0 Å². The van der Waals surface area contributed by atoms with Crippen LogP contribution in [-0.2, 0) is 14.8 Å². The van der Waals surface area contributed by atoms with Crippen molar-refractivity contribution in [1.29, 1.82) is 0 Å². The largest absolute Gasteiger partial charge is 0.342 e. The van der Waals surface area contributed by atoms with Crippen molar-refractivity contribution in [3.05, 3.63) is 36.0 Å². The highest BCUT2D eigenvalue weighted by molar-refractivity contribution is 7.89. The summed E-state index contributed by atoms with van der Waals surface area (Å²) < 4.78 is 27.8. The van der Waals surface area contributed by atoms with Gasteiger partial charge in [0.05, 0.1) is 10.4 Å². The van der Waals surface area contributed by atoms with Gasteiger partial charge in [-0.15, -0.1) is 0 Å². The first-order valence-corrected chi connectivity index (χ1v) is 9.45. The Hall–Kier alpha value is -1.99. The summed E-state index contributed by atoms with van der Waals surface area (Å²) in [5.74, 6) is -0.0146. The second-order valence-corrected chi connectivity index (χ2v) is 7.95. The standard InChI is InChI=1S/C17H21N3O3S/c1-13-6-7-16(15-5-3-8-18-17(13)15)24(22,23)20-10-4-9-19(11-12-20)14(2)21/h3,5-8H,4,9-12H2,1-2H3.